The Morgan fingerprint density at radius 3 is 3.06 bits per heavy atom. The Kier molecular flexibility index (Phi) is 5.03. The lowest BCUT2D eigenvalue weighted by atomic mass is 9.94. The van der Waals surface area contributed by atoms with Gasteiger partial charge in [-0.05, 0) is 61.3 Å². The summed E-state index contributed by atoms with van der Waals surface area (Å²) in [5.41, 5.74) is 5.61. The maximum absolute atomic E-state index is 13.1. The van der Waals surface area contributed by atoms with E-state index in [1.165, 1.54) is 17.3 Å². The second-order valence-electron chi connectivity index (χ2n) is 8.52. The van der Waals surface area contributed by atoms with Crippen molar-refractivity contribution in [2.24, 2.45) is 9.50 Å². The van der Waals surface area contributed by atoms with Gasteiger partial charge in [-0.25, -0.2) is 18.8 Å². The Morgan fingerprint density at radius 2 is 2.26 bits per heavy atom. The number of anilines is 1. The highest BCUT2D eigenvalue weighted by atomic mass is 32.2. The van der Waals surface area contributed by atoms with Gasteiger partial charge in [0.05, 0.1) is 19.3 Å². The first-order valence-electron chi connectivity index (χ1n) is 10.6. The van der Waals surface area contributed by atoms with E-state index in [-0.39, 0.29) is 16.9 Å². The fourth-order valence-corrected chi connectivity index (χ4v) is 6.05. The van der Waals surface area contributed by atoms with Crippen molar-refractivity contribution >= 4 is 21.6 Å². The molecular weight excluding hydrogens is 418 g/mol. The van der Waals surface area contributed by atoms with Crippen LogP contribution in [0.15, 0.2) is 21.5 Å². The molecule has 0 spiro atoms. The highest BCUT2D eigenvalue weighted by Gasteiger charge is 2.32. The van der Waals surface area contributed by atoms with Crippen molar-refractivity contribution in [1.29, 1.82) is 0 Å². The van der Waals surface area contributed by atoms with Crippen LogP contribution in [-0.4, -0.2) is 39.8 Å². The van der Waals surface area contributed by atoms with E-state index < -0.39 is 15.9 Å². The number of nitrogens with zero attached hydrogens (tertiary/aromatic N) is 3. The summed E-state index contributed by atoms with van der Waals surface area (Å²) in [5, 5.41) is 13.1. The topological polar surface area (TPSA) is 121 Å². The van der Waals surface area contributed by atoms with Crippen LogP contribution in [0.3, 0.4) is 0 Å². The highest BCUT2D eigenvalue weighted by Crippen LogP contribution is 2.44. The van der Waals surface area contributed by atoms with E-state index in [0.717, 1.165) is 48.9 Å². The van der Waals surface area contributed by atoms with Crippen LogP contribution in [0.2, 0.25) is 0 Å². The maximum atomic E-state index is 13.1. The quantitative estimate of drug-likeness (QED) is 0.750. The van der Waals surface area contributed by atoms with E-state index in [1.807, 2.05) is 6.92 Å². The van der Waals surface area contributed by atoms with E-state index in [9.17, 15) is 9.00 Å². The minimum Gasteiger partial charge on any atom is -0.472 e. The Balaban J connectivity index is 1.50. The van der Waals surface area contributed by atoms with Gasteiger partial charge in [-0.15, -0.1) is 4.36 Å². The smallest absolute Gasteiger partial charge is 0.354 e. The lowest BCUT2D eigenvalue weighted by Gasteiger charge is -2.19. The molecule has 2 aliphatic carbocycles. The number of rotatable bonds is 4. The average Bonchev–Trinajstić information content (AvgIpc) is 3.45. The van der Waals surface area contributed by atoms with Crippen molar-refractivity contribution in [2.45, 2.75) is 62.5 Å². The molecule has 0 fully saturated rings. The zero-order valence-electron chi connectivity index (χ0n) is 17.7. The summed E-state index contributed by atoms with van der Waals surface area (Å²) >= 11 is 0. The van der Waals surface area contributed by atoms with Crippen molar-refractivity contribution in [1.82, 2.24) is 9.78 Å². The van der Waals surface area contributed by atoms with Crippen LogP contribution in [0, 0.1) is 0 Å². The number of methoxy groups -OCH3 is 1. The van der Waals surface area contributed by atoms with Gasteiger partial charge in [0, 0.05) is 18.7 Å². The summed E-state index contributed by atoms with van der Waals surface area (Å²) in [5.74, 6) is 0.537. The number of amides is 2. The summed E-state index contributed by atoms with van der Waals surface area (Å²) in [4.78, 5) is 13.1. The van der Waals surface area contributed by atoms with Crippen molar-refractivity contribution < 1.29 is 18.5 Å². The number of hydrogen-bond acceptors (Lipinski definition) is 5. The number of urea groups is 1. The molecule has 3 atom stereocenters. The van der Waals surface area contributed by atoms with Gasteiger partial charge in [0.2, 0.25) is 5.88 Å². The molecule has 3 N–H and O–H groups in total. The van der Waals surface area contributed by atoms with Gasteiger partial charge in [0.1, 0.15) is 11.0 Å². The normalized spacial score (nSPS) is 22.9. The molecule has 3 aliphatic rings. The van der Waals surface area contributed by atoms with E-state index >= 15 is 0 Å². The molecule has 0 bridgehead atoms. The molecule has 1 aliphatic heterocycles. The molecule has 9 nitrogen and oxygen atoms in total. The third-order valence-electron chi connectivity index (χ3n) is 6.33. The second kappa shape index (κ2) is 7.61. The summed E-state index contributed by atoms with van der Waals surface area (Å²) in [6.07, 6.45) is 6.17. The van der Waals surface area contributed by atoms with Crippen molar-refractivity contribution in [2.75, 3.05) is 19.0 Å². The molecule has 0 radical (unpaired) electrons. The highest BCUT2D eigenvalue weighted by molar-refractivity contribution is 7.91. The van der Waals surface area contributed by atoms with Gasteiger partial charge in [0.15, 0.2) is 9.92 Å². The number of nitrogens with one attached hydrogen (secondary N) is 1. The first-order chi connectivity index (χ1) is 14.9. The average molecular weight is 446 g/mol. The number of fused-ring (bicyclic) bond motifs is 3. The maximum Gasteiger partial charge on any atom is 0.354 e. The van der Waals surface area contributed by atoms with Crippen molar-refractivity contribution in [3.05, 3.63) is 34.5 Å². The molecule has 1 aromatic heterocycles. The number of aryl methyl sites for hydroxylation is 2. The molecule has 0 saturated carbocycles. The molecule has 31 heavy (non-hydrogen) atoms. The van der Waals surface area contributed by atoms with Crippen molar-refractivity contribution in [3.8, 4) is 5.88 Å². The van der Waals surface area contributed by atoms with Crippen LogP contribution in [0.1, 0.15) is 47.9 Å². The van der Waals surface area contributed by atoms with E-state index in [4.69, 9.17) is 14.6 Å². The molecule has 0 saturated heterocycles. The summed E-state index contributed by atoms with van der Waals surface area (Å²) < 4.78 is 29.7. The Hall–Kier alpha value is -2.43. The lowest BCUT2D eigenvalue weighted by molar-refractivity contribution is 0.179. The molecule has 10 heteroatoms. The number of ether oxygens (including phenoxy) is 2. The van der Waals surface area contributed by atoms with Crippen LogP contribution in [0.5, 0.6) is 5.88 Å². The minimum atomic E-state index is -3.51. The lowest BCUT2D eigenvalue weighted by Crippen LogP contribution is -2.20. The second-order valence-corrected chi connectivity index (χ2v) is 10.3. The molecule has 5 rings (SSSR count). The molecule has 1 aromatic carbocycles. The molecule has 2 heterocycles. The van der Waals surface area contributed by atoms with Gasteiger partial charge < -0.3 is 14.8 Å². The monoisotopic (exact) mass is 445 g/mol. The molecule has 166 valence electrons. The fraction of sp³-hybridized carbons (Fsp3) is 0.524. The zero-order valence-corrected chi connectivity index (χ0v) is 18.5. The van der Waals surface area contributed by atoms with Gasteiger partial charge in [-0.1, -0.05) is 6.07 Å². The predicted octanol–water partition coefficient (Wildman–Crippen LogP) is 2.76. The third kappa shape index (κ3) is 3.52. The number of aromatic nitrogens is 2. The van der Waals surface area contributed by atoms with E-state index in [2.05, 4.69) is 20.8 Å². The fourth-order valence-electron chi connectivity index (χ4n) is 5.06. The first-order valence-corrected chi connectivity index (χ1v) is 12.2. The van der Waals surface area contributed by atoms with Crippen LogP contribution >= 0.6 is 0 Å². The largest absolute Gasteiger partial charge is 0.472 e. The van der Waals surface area contributed by atoms with Crippen LogP contribution in [-0.2, 0) is 40.5 Å². The molecule has 2 amide bonds. The SMILES string of the molecule is COC[C@@H]1CCc2cc3c(c(NC(=O)N=[S@](N)(=O)c4cnn5c4O[C@@H](C)C5)c21)CCC3. The summed E-state index contributed by atoms with van der Waals surface area (Å²) in [6, 6.07) is 1.56. The Bertz CT molecular complexity index is 1180. The number of carbonyl (C=O) groups is 1. The Labute approximate surface area is 181 Å². The molecular formula is C21H27N5O4S. The summed E-state index contributed by atoms with van der Waals surface area (Å²) in [7, 11) is -1.82. The van der Waals surface area contributed by atoms with Gasteiger partial charge >= 0.3 is 6.03 Å². The van der Waals surface area contributed by atoms with Crippen LogP contribution in [0.25, 0.3) is 0 Å². The number of hydrogen-bond donors (Lipinski definition) is 2. The summed E-state index contributed by atoms with van der Waals surface area (Å²) in [6.45, 7) is 3.02. The van der Waals surface area contributed by atoms with E-state index in [0.29, 0.717) is 19.0 Å². The van der Waals surface area contributed by atoms with Gasteiger partial charge in [0.25, 0.3) is 0 Å². The molecule has 2 aromatic rings. The van der Waals surface area contributed by atoms with Crippen LogP contribution in [0.4, 0.5) is 10.5 Å². The molecule has 0 unspecified atom stereocenters. The third-order valence-corrected chi connectivity index (χ3v) is 7.68. The number of benzene rings is 1. The Morgan fingerprint density at radius 1 is 1.42 bits per heavy atom. The van der Waals surface area contributed by atoms with Crippen molar-refractivity contribution in [3.63, 3.8) is 0 Å². The first kappa shape index (κ1) is 20.5. The number of nitrogens with two attached hydrogens (primary N) is 1. The van der Waals surface area contributed by atoms with Crippen LogP contribution < -0.4 is 15.2 Å². The zero-order chi connectivity index (χ0) is 21.8. The minimum absolute atomic E-state index is 0.0984. The van der Waals surface area contributed by atoms with E-state index in [1.54, 1.807) is 11.8 Å². The van der Waals surface area contributed by atoms with Gasteiger partial charge in [-0.2, -0.15) is 5.10 Å². The number of carbonyl (C=O) groups excluding carboxylic acids is 1. The standard InChI is InChI=1S/C21H27N5O4S/c1-12-10-26-20(30-12)17(9-23-26)31(22,28)25-21(27)24-19-16-5-3-4-13(16)8-14-6-7-15(11-29-2)18(14)19/h8-9,12,15H,3-7,10-11H2,1-2H3,(H3,22,24,25,27,28)/t12-,15-,31-/m0/s1. The van der Waals surface area contributed by atoms with Gasteiger partial charge in [-0.3, -0.25) is 0 Å². The predicted molar refractivity (Wildman–Crippen MR) is 116 cm³/mol.